The third-order valence-electron chi connectivity index (χ3n) is 3.53. The summed E-state index contributed by atoms with van der Waals surface area (Å²) in [5.41, 5.74) is 1.15. The lowest BCUT2D eigenvalue weighted by Gasteiger charge is -2.12. The van der Waals surface area contributed by atoms with Gasteiger partial charge in [0.2, 0.25) is 0 Å². The summed E-state index contributed by atoms with van der Waals surface area (Å²) >= 11 is 5.77. The quantitative estimate of drug-likeness (QED) is 0.316. The fourth-order valence-corrected chi connectivity index (χ4v) is 2.13. The number of hydrogen-bond acceptors (Lipinski definition) is 3. The van der Waals surface area contributed by atoms with E-state index < -0.39 is 0 Å². The van der Waals surface area contributed by atoms with Gasteiger partial charge in [-0.15, -0.1) is 0 Å². The second-order valence-corrected chi connectivity index (χ2v) is 5.92. The zero-order chi connectivity index (χ0) is 15.6. The van der Waals surface area contributed by atoms with Crippen LogP contribution in [0.25, 0.3) is 0 Å². The molecule has 1 aromatic rings. The van der Waals surface area contributed by atoms with Crippen LogP contribution in [0.4, 0.5) is 0 Å². The Kier molecular flexibility index (Phi) is 7.46. The van der Waals surface area contributed by atoms with Crippen molar-refractivity contribution in [2.75, 3.05) is 33.4 Å². The van der Waals surface area contributed by atoms with Crippen LogP contribution in [0.15, 0.2) is 23.3 Å². The highest BCUT2D eigenvalue weighted by Gasteiger charge is 2.20. The third kappa shape index (κ3) is 7.09. The smallest absolute Gasteiger partial charge is 0.190 e. The van der Waals surface area contributed by atoms with E-state index >= 15 is 0 Å². The first-order valence-corrected chi connectivity index (χ1v) is 8.28. The van der Waals surface area contributed by atoms with Gasteiger partial charge in [-0.05, 0) is 43.2 Å². The topological polar surface area (TPSA) is 58.5 Å². The number of guanidine groups is 1. The lowest BCUT2D eigenvalue weighted by Crippen LogP contribution is -2.39. The molecule has 5 nitrogen and oxygen atoms in total. The fourth-order valence-electron chi connectivity index (χ4n) is 2.02. The lowest BCUT2D eigenvalue weighted by molar-refractivity contribution is 0.123. The van der Waals surface area contributed by atoms with Gasteiger partial charge in [-0.2, -0.15) is 0 Å². The van der Waals surface area contributed by atoms with E-state index in [1.54, 1.807) is 13.2 Å². The SMILES string of the molecule is CN=C(NCCCOCC1CC1)NCCc1ccc(Cl)nc1. The number of aliphatic imine (C=N–C) groups is 1. The van der Waals surface area contributed by atoms with Crippen molar-refractivity contribution in [2.24, 2.45) is 10.9 Å². The van der Waals surface area contributed by atoms with Gasteiger partial charge in [0.25, 0.3) is 0 Å². The molecule has 0 bridgehead atoms. The lowest BCUT2D eigenvalue weighted by atomic mass is 10.2. The van der Waals surface area contributed by atoms with Crippen LogP contribution < -0.4 is 10.6 Å². The van der Waals surface area contributed by atoms with E-state index in [4.69, 9.17) is 16.3 Å². The third-order valence-corrected chi connectivity index (χ3v) is 3.75. The van der Waals surface area contributed by atoms with Gasteiger partial charge in [-0.1, -0.05) is 17.7 Å². The van der Waals surface area contributed by atoms with Gasteiger partial charge < -0.3 is 15.4 Å². The second-order valence-electron chi connectivity index (χ2n) is 5.54. The number of nitrogens with zero attached hydrogens (tertiary/aromatic N) is 2. The number of pyridine rings is 1. The van der Waals surface area contributed by atoms with Crippen LogP contribution in [0.2, 0.25) is 5.15 Å². The van der Waals surface area contributed by atoms with Crippen molar-refractivity contribution in [1.82, 2.24) is 15.6 Å². The van der Waals surface area contributed by atoms with Crippen LogP contribution in [-0.2, 0) is 11.2 Å². The molecule has 1 aliphatic carbocycles. The molecule has 2 rings (SSSR count). The van der Waals surface area contributed by atoms with Crippen molar-refractivity contribution < 1.29 is 4.74 Å². The van der Waals surface area contributed by atoms with Gasteiger partial charge in [0.15, 0.2) is 5.96 Å². The number of rotatable bonds is 9. The highest BCUT2D eigenvalue weighted by atomic mass is 35.5. The fraction of sp³-hybridized carbons (Fsp3) is 0.625. The minimum atomic E-state index is 0.526. The normalized spacial score (nSPS) is 14.9. The molecule has 122 valence electrons. The van der Waals surface area contributed by atoms with Gasteiger partial charge in [0, 0.05) is 39.5 Å². The molecule has 0 atom stereocenters. The molecule has 1 aromatic heterocycles. The standard InChI is InChI=1S/C16H25ClN4O/c1-18-16(19-8-2-10-22-12-14-3-4-14)20-9-7-13-5-6-15(17)21-11-13/h5-6,11,14H,2-4,7-10,12H2,1H3,(H2,18,19,20). The monoisotopic (exact) mass is 324 g/mol. The Hall–Kier alpha value is -1.33. The van der Waals surface area contributed by atoms with E-state index in [0.717, 1.165) is 56.6 Å². The van der Waals surface area contributed by atoms with E-state index in [0.29, 0.717) is 5.15 Å². The second kappa shape index (κ2) is 9.64. The Balaban J connectivity index is 1.51. The molecule has 1 fully saturated rings. The Bertz CT molecular complexity index is 460. The molecule has 0 spiro atoms. The van der Waals surface area contributed by atoms with Gasteiger partial charge in [-0.3, -0.25) is 4.99 Å². The van der Waals surface area contributed by atoms with Crippen molar-refractivity contribution in [2.45, 2.75) is 25.7 Å². The van der Waals surface area contributed by atoms with Crippen LogP contribution in [0.3, 0.4) is 0 Å². The molecule has 1 heterocycles. The van der Waals surface area contributed by atoms with E-state index in [9.17, 15) is 0 Å². The molecule has 0 saturated heterocycles. The van der Waals surface area contributed by atoms with Crippen LogP contribution in [-0.4, -0.2) is 44.3 Å². The van der Waals surface area contributed by atoms with E-state index in [1.165, 1.54) is 12.8 Å². The predicted octanol–water partition coefficient (Wildman–Crippen LogP) is 2.26. The highest BCUT2D eigenvalue weighted by molar-refractivity contribution is 6.29. The molecule has 0 aromatic carbocycles. The minimum Gasteiger partial charge on any atom is -0.381 e. The summed E-state index contributed by atoms with van der Waals surface area (Å²) in [6, 6.07) is 3.80. The largest absolute Gasteiger partial charge is 0.381 e. The maximum Gasteiger partial charge on any atom is 0.190 e. The molecule has 6 heteroatoms. The number of nitrogens with one attached hydrogen (secondary N) is 2. The van der Waals surface area contributed by atoms with Gasteiger partial charge >= 0.3 is 0 Å². The van der Waals surface area contributed by atoms with Gasteiger partial charge in [-0.25, -0.2) is 4.98 Å². The van der Waals surface area contributed by atoms with E-state index in [-0.39, 0.29) is 0 Å². The van der Waals surface area contributed by atoms with Crippen molar-refractivity contribution in [3.8, 4) is 0 Å². The van der Waals surface area contributed by atoms with Crippen molar-refractivity contribution in [1.29, 1.82) is 0 Å². The summed E-state index contributed by atoms with van der Waals surface area (Å²) in [7, 11) is 1.78. The molecular formula is C16H25ClN4O. The van der Waals surface area contributed by atoms with Crippen LogP contribution in [0.5, 0.6) is 0 Å². The van der Waals surface area contributed by atoms with E-state index in [1.807, 2.05) is 12.1 Å². The zero-order valence-corrected chi connectivity index (χ0v) is 13.9. The molecule has 1 saturated carbocycles. The Labute approximate surface area is 137 Å². The van der Waals surface area contributed by atoms with E-state index in [2.05, 4.69) is 20.6 Å². The maximum absolute atomic E-state index is 5.77. The summed E-state index contributed by atoms with van der Waals surface area (Å²) in [6.07, 6.45) is 6.37. The summed E-state index contributed by atoms with van der Waals surface area (Å²) < 4.78 is 5.60. The highest BCUT2D eigenvalue weighted by Crippen LogP contribution is 2.28. The summed E-state index contributed by atoms with van der Waals surface area (Å²) in [4.78, 5) is 8.28. The molecular weight excluding hydrogens is 300 g/mol. The van der Waals surface area contributed by atoms with Crippen molar-refractivity contribution >= 4 is 17.6 Å². The number of ether oxygens (including phenoxy) is 1. The van der Waals surface area contributed by atoms with Gasteiger partial charge in [0.05, 0.1) is 0 Å². The molecule has 1 aliphatic rings. The maximum atomic E-state index is 5.77. The summed E-state index contributed by atoms with van der Waals surface area (Å²) in [5.74, 6) is 1.66. The molecule has 0 unspecified atom stereocenters. The average molecular weight is 325 g/mol. The molecule has 0 amide bonds. The Morgan fingerprint density at radius 3 is 2.86 bits per heavy atom. The van der Waals surface area contributed by atoms with Crippen LogP contribution in [0.1, 0.15) is 24.8 Å². The van der Waals surface area contributed by atoms with Gasteiger partial charge in [0.1, 0.15) is 5.15 Å². The van der Waals surface area contributed by atoms with Crippen molar-refractivity contribution in [3.63, 3.8) is 0 Å². The van der Waals surface area contributed by atoms with Crippen molar-refractivity contribution in [3.05, 3.63) is 29.0 Å². The number of aromatic nitrogens is 1. The molecule has 22 heavy (non-hydrogen) atoms. The first-order valence-electron chi connectivity index (χ1n) is 7.90. The predicted molar refractivity (Wildman–Crippen MR) is 90.5 cm³/mol. The first-order chi connectivity index (χ1) is 10.8. The molecule has 0 radical (unpaired) electrons. The average Bonchev–Trinajstić information content (AvgIpc) is 3.35. The molecule has 2 N–H and O–H groups in total. The van der Waals surface area contributed by atoms with Crippen LogP contribution >= 0.6 is 11.6 Å². The summed E-state index contributed by atoms with van der Waals surface area (Å²) in [5, 5.41) is 7.11. The summed E-state index contributed by atoms with van der Waals surface area (Å²) in [6.45, 7) is 3.42. The zero-order valence-electron chi connectivity index (χ0n) is 13.1. The Morgan fingerprint density at radius 2 is 2.18 bits per heavy atom. The minimum absolute atomic E-state index is 0.526. The molecule has 0 aliphatic heterocycles. The number of halogens is 1. The first kappa shape index (κ1) is 17.0. The Morgan fingerprint density at radius 1 is 1.36 bits per heavy atom. The number of hydrogen-bond donors (Lipinski definition) is 2. The van der Waals surface area contributed by atoms with Crippen LogP contribution in [0, 0.1) is 5.92 Å².